The van der Waals surface area contributed by atoms with Gasteiger partial charge in [-0.2, -0.15) is 0 Å². The number of methoxy groups -OCH3 is 1. The van der Waals surface area contributed by atoms with Crippen LogP contribution in [0.15, 0.2) is 42.5 Å². The molecule has 0 fully saturated rings. The van der Waals surface area contributed by atoms with Crippen LogP contribution in [-0.2, 0) is 4.79 Å². The molecule has 1 heterocycles. The van der Waals surface area contributed by atoms with E-state index in [-0.39, 0.29) is 11.2 Å². The minimum Gasteiger partial charge on any atom is -0.496 e. The first-order chi connectivity index (χ1) is 9.76. The molecule has 1 atom stereocenters. The van der Waals surface area contributed by atoms with E-state index in [1.807, 2.05) is 48.7 Å². The number of benzene rings is 2. The molecule has 1 unspecified atom stereocenters. The van der Waals surface area contributed by atoms with E-state index >= 15 is 0 Å². The lowest BCUT2D eigenvalue weighted by molar-refractivity contribution is -0.115. The summed E-state index contributed by atoms with van der Waals surface area (Å²) < 4.78 is 5.42. The van der Waals surface area contributed by atoms with Crippen molar-refractivity contribution in [3.8, 4) is 16.9 Å². The molecule has 0 aliphatic carbocycles. The molecule has 3 nitrogen and oxygen atoms in total. The zero-order chi connectivity index (χ0) is 14.1. The molecule has 1 aliphatic heterocycles. The van der Waals surface area contributed by atoms with Crippen molar-refractivity contribution in [2.45, 2.75) is 5.25 Å². The van der Waals surface area contributed by atoms with Crippen LogP contribution in [0.1, 0.15) is 10.8 Å². The Morgan fingerprint density at radius 1 is 1.10 bits per heavy atom. The summed E-state index contributed by atoms with van der Waals surface area (Å²) in [5.74, 6) is 0.859. The average molecular weight is 285 g/mol. The van der Waals surface area contributed by atoms with Crippen molar-refractivity contribution in [3.63, 3.8) is 0 Å². The van der Waals surface area contributed by atoms with Crippen molar-refractivity contribution in [2.24, 2.45) is 0 Å². The van der Waals surface area contributed by atoms with Gasteiger partial charge in [-0.05, 0) is 17.9 Å². The van der Waals surface area contributed by atoms with Crippen LogP contribution in [-0.4, -0.2) is 19.3 Å². The van der Waals surface area contributed by atoms with Crippen molar-refractivity contribution in [1.29, 1.82) is 0 Å². The number of amides is 1. The zero-order valence-electron chi connectivity index (χ0n) is 11.3. The number of hydrogen-bond acceptors (Lipinski definition) is 3. The van der Waals surface area contributed by atoms with Gasteiger partial charge in [0.25, 0.3) is 0 Å². The SMILES string of the molecule is COc1ccccc1-c1cccc2c1NC(=O)C2SC. The molecule has 0 aromatic heterocycles. The fraction of sp³-hybridized carbons (Fsp3) is 0.188. The fourth-order valence-electron chi connectivity index (χ4n) is 2.58. The summed E-state index contributed by atoms with van der Waals surface area (Å²) in [7, 11) is 1.66. The molecule has 2 aromatic carbocycles. The predicted molar refractivity (Wildman–Crippen MR) is 83.3 cm³/mol. The van der Waals surface area contributed by atoms with Gasteiger partial charge in [0.2, 0.25) is 5.91 Å². The quantitative estimate of drug-likeness (QED) is 0.934. The number of rotatable bonds is 3. The van der Waals surface area contributed by atoms with Crippen molar-refractivity contribution >= 4 is 23.4 Å². The summed E-state index contributed by atoms with van der Waals surface area (Å²) in [6.45, 7) is 0. The van der Waals surface area contributed by atoms with Gasteiger partial charge in [-0.1, -0.05) is 36.4 Å². The first kappa shape index (κ1) is 13.1. The van der Waals surface area contributed by atoms with Crippen molar-refractivity contribution in [2.75, 3.05) is 18.7 Å². The third-order valence-corrected chi connectivity index (χ3v) is 4.44. The van der Waals surface area contributed by atoms with E-state index in [1.165, 1.54) is 0 Å². The molecule has 0 radical (unpaired) electrons. The third kappa shape index (κ3) is 1.96. The van der Waals surface area contributed by atoms with E-state index in [1.54, 1.807) is 18.9 Å². The molecule has 0 bridgehead atoms. The summed E-state index contributed by atoms with van der Waals surface area (Å²) in [5, 5.41) is 2.88. The van der Waals surface area contributed by atoms with E-state index in [2.05, 4.69) is 5.32 Å². The van der Waals surface area contributed by atoms with Gasteiger partial charge in [-0.3, -0.25) is 4.79 Å². The summed E-state index contributed by atoms with van der Waals surface area (Å²) >= 11 is 1.55. The molecule has 20 heavy (non-hydrogen) atoms. The maximum absolute atomic E-state index is 12.0. The number of nitrogens with one attached hydrogen (secondary N) is 1. The standard InChI is InChI=1S/C16H15NO2S/c1-19-13-9-4-3-6-10(13)11-7-5-8-12-14(11)17-16(18)15(12)20-2/h3-9,15H,1-2H3,(H,17,18). The summed E-state index contributed by atoms with van der Waals surface area (Å²) in [4.78, 5) is 12.0. The number of ether oxygens (including phenoxy) is 1. The summed E-state index contributed by atoms with van der Waals surface area (Å²) in [6.07, 6.45) is 1.95. The molecule has 0 saturated heterocycles. The highest BCUT2D eigenvalue weighted by atomic mass is 32.2. The smallest absolute Gasteiger partial charge is 0.242 e. The van der Waals surface area contributed by atoms with E-state index in [0.717, 1.165) is 28.1 Å². The van der Waals surface area contributed by atoms with Crippen molar-refractivity contribution in [1.82, 2.24) is 0 Å². The van der Waals surface area contributed by atoms with E-state index in [0.29, 0.717) is 0 Å². The Labute approximate surface area is 122 Å². The van der Waals surface area contributed by atoms with E-state index < -0.39 is 0 Å². The van der Waals surface area contributed by atoms with Gasteiger partial charge in [0, 0.05) is 11.1 Å². The first-order valence-electron chi connectivity index (χ1n) is 6.36. The van der Waals surface area contributed by atoms with Crippen LogP contribution in [0.25, 0.3) is 11.1 Å². The number of carbonyl (C=O) groups is 1. The maximum Gasteiger partial charge on any atom is 0.242 e. The zero-order valence-corrected chi connectivity index (χ0v) is 12.2. The molecule has 102 valence electrons. The van der Waals surface area contributed by atoms with Crippen LogP contribution in [0.2, 0.25) is 0 Å². The van der Waals surface area contributed by atoms with Crippen molar-refractivity contribution < 1.29 is 9.53 Å². The summed E-state index contributed by atoms with van der Waals surface area (Å²) in [6, 6.07) is 13.9. The minimum atomic E-state index is -0.125. The van der Waals surface area contributed by atoms with Gasteiger partial charge in [-0.15, -0.1) is 11.8 Å². The Kier molecular flexibility index (Phi) is 3.40. The topological polar surface area (TPSA) is 38.3 Å². The molecule has 0 spiro atoms. The van der Waals surface area contributed by atoms with Gasteiger partial charge in [0.15, 0.2) is 0 Å². The monoisotopic (exact) mass is 285 g/mol. The maximum atomic E-state index is 12.0. The van der Waals surface area contributed by atoms with Crippen molar-refractivity contribution in [3.05, 3.63) is 48.0 Å². The lowest BCUT2D eigenvalue weighted by Crippen LogP contribution is -2.08. The van der Waals surface area contributed by atoms with E-state index in [4.69, 9.17) is 4.74 Å². The second-order valence-electron chi connectivity index (χ2n) is 4.58. The van der Waals surface area contributed by atoms with Crippen LogP contribution in [0.4, 0.5) is 5.69 Å². The molecule has 2 aromatic rings. The summed E-state index contributed by atoms with van der Waals surface area (Å²) in [5.41, 5.74) is 3.95. The van der Waals surface area contributed by atoms with Gasteiger partial charge in [0.05, 0.1) is 12.8 Å². The van der Waals surface area contributed by atoms with Crippen LogP contribution in [0, 0.1) is 0 Å². The Balaban J connectivity index is 2.18. The lowest BCUT2D eigenvalue weighted by Gasteiger charge is -2.12. The van der Waals surface area contributed by atoms with Gasteiger partial charge in [-0.25, -0.2) is 0 Å². The van der Waals surface area contributed by atoms with Gasteiger partial charge < -0.3 is 10.1 Å². The number of fused-ring (bicyclic) bond motifs is 1. The van der Waals surface area contributed by atoms with Crippen LogP contribution in [0.5, 0.6) is 5.75 Å². The van der Waals surface area contributed by atoms with Crippen LogP contribution < -0.4 is 10.1 Å². The number of para-hydroxylation sites is 2. The molecule has 1 aliphatic rings. The molecular formula is C16H15NO2S. The molecular weight excluding hydrogens is 270 g/mol. The van der Waals surface area contributed by atoms with E-state index in [9.17, 15) is 4.79 Å². The Morgan fingerprint density at radius 3 is 2.60 bits per heavy atom. The average Bonchev–Trinajstić information content (AvgIpc) is 2.82. The van der Waals surface area contributed by atoms with Crippen LogP contribution >= 0.6 is 11.8 Å². The number of thioether (sulfide) groups is 1. The largest absolute Gasteiger partial charge is 0.496 e. The molecule has 4 heteroatoms. The predicted octanol–water partition coefficient (Wildman–Crippen LogP) is 3.72. The number of anilines is 1. The fourth-order valence-corrected chi connectivity index (χ4v) is 3.31. The molecule has 1 amide bonds. The second-order valence-corrected chi connectivity index (χ2v) is 5.52. The van der Waals surface area contributed by atoms with Gasteiger partial charge >= 0.3 is 0 Å². The molecule has 0 saturated carbocycles. The molecule has 3 rings (SSSR count). The van der Waals surface area contributed by atoms with Crippen LogP contribution in [0.3, 0.4) is 0 Å². The molecule has 1 N–H and O–H groups in total. The Bertz CT molecular complexity index is 669. The third-order valence-electron chi connectivity index (χ3n) is 3.50. The number of hydrogen-bond donors (Lipinski definition) is 1. The highest BCUT2D eigenvalue weighted by molar-refractivity contribution is 7.99. The Morgan fingerprint density at radius 2 is 1.85 bits per heavy atom. The highest BCUT2D eigenvalue weighted by Gasteiger charge is 2.31. The highest BCUT2D eigenvalue weighted by Crippen LogP contribution is 2.45. The first-order valence-corrected chi connectivity index (χ1v) is 7.65. The number of carbonyl (C=O) groups excluding carboxylic acids is 1. The lowest BCUT2D eigenvalue weighted by atomic mass is 9.99. The van der Waals surface area contributed by atoms with Gasteiger partial charge in [0.1, 0.15) is 11.0 Å². The normalized spacial score (nSPS) is 16.7. The second kappa shape index (κ2) is 5.21. The Hall–Kier alpha value is -1.94. The minimum absolute atomic E-state index is 0.0508.